The SMILES string of the molecule is COC(C)CC(=O)Cc1cc(Cl)ccc1F. The average molecular weight is 245 g/mol. The van der Waals surface area contributed by atoms with E-state index >= 15 is 0 Å². The van der Waals surface area contributed by atoms with Crippen molar-refractivity contribution >= 4 is 17.4 Å². The van der Waals surface area contributed by atoms with E-state index < -0.39 is 5.82 Å². The van der Waals surface area contributed by atoms with Gasteiger partial charge < -0.3 is 4.74 Å². The summed E-state index contributed by atoms with van der Waals surface area (Å²) in [5.41, 5.74) is 0.334. The van der Waals surface area contributed by atoms with Gasteiger partial charge in [0.05, 0.1) is 6.10 Å². The van der Waals surface area contributed by atoms with E-state index in [-0.39, 0.29) is 24.7 Å². The zero-order valence-corrected chi connectivity index (χ0v) is 10.1. The molecule has 0 saturated heterocycles. The molecule has 88 valence electrons. The van der Waals surface area contributed by atoms with Crippen molar-refractivity contribution in [1.82, 2.24) is 0 Å². The molecule has 4 heteroatoms. The quantitative estimate of drug-likeness (QED) is 0.796. The molecular formula is C12H14ClFO2. The number of ether oxygens (including phenoxy) is 1. The van der Waals surface area contributed by atoms with Gasteiger partial charge in [-0.1, -0.05) is 11.6 Å². The first-order valence-corrected chi connectivity index (χ1v) is 5.39. The van der Waals surface area contributed by atoms with E-state index in [0.717, 1.165) is 0 Å². The van der Waals surface area contributed by atoms with Gasteiger partial charge in [0.2, 0.25) is 0 Å². The number of methoxy groups -OCH3 is 1. The molecule has 0 aliphatic heterocycles. The summed E-state index contributed by atoms with van der Waals surface area (Å²) in [6.45, 7) is 1.80. The van der Waals surface area contributed by atoms with Crippen molar-refractivity contribution in [3.05, 3.63) is 34.6 Å². The van der Waals surface area contributed by atoms with Crippen LogP contribution in [0.25, 0.3) is 0 Å². The molecule has 0 aliphatic carbocycles. The molecule has 0 spiro atoms. The topological polar surface area (TPSA) is 26.3 Å². The Labute approximate surface area is 99.4 Å². The van der Waals surface area contributed by atoms with Crippen LogP contribution < -0.4 is 0 Å². The van der Waals surface area contributed by atoms with Crippen molar-refractivity contribution in [2.24, 2.45) is 0 Å². The fourth-order valence-corrected chi connectivity index (χ4v) is 1.56. The summed E-state index contributed by atoms with van der Waals surface area (Å²) in [6, 6.07) is 4.21. The number of carbonyl (C=O) groups is 1. The lowest BCUT2D eigenvalue weighted by Gasteiger charge is -2.08. The lowest BCUT2D eigenvalue weighted by Crippen LogP contribution is -2.14. The van der Waals surface area contributed by atoms with Crippen LogP contribution in [0.15, 0.2) is 18.2 Å². The minimum absolute atomic E-state index is 0.0556. The number of halogens is 2. The highest BCUT2D eigenvalue weighted by molar-refractivity contribution is 6.30. The van der Waals surface area contributed by atoms with Crippen molar-refractivity contribution in [1.29, 1.82) is 0 Å². The van der Waals surface area contributed by atoms with Gasteiger partial charge >= 0.3 is 0 Å². The lowest BCUT2D eigenvalue weighted by atomic mass is 10.0. The molecule has 1 aromatic carbocycles. The number of hydrogen-bond acceptors (Lipinski definition) is 2. The first-order valence-electron chi connectivity index (χ1n) is 5.01. The van der Waals surface area contributed by atoms with E-state index in [1.165, 1.54) is 25.3 Å². The minimum atomic E-state index is -0.400. The molecule has 0 fully saturated rings. The first kappa shape index (κ1) is 13.1. The number of benzene rings is 1. The summed E-state index contributed by atoms with van der Waals surface area (Å²) in [5.74, 6) is -0.460. The Hall–Kier alpha value is -0.930. The van der Waals surface area contributed by atoms with E-state index in [4.69, 9.17) is 16.3 Å². The summed E-state index contributed by atoms with van der Waals surface area (Å²) in [6.07, 6.45) is 0.192. The second-order valence-corrected chi connectivity index (χ2v) is 4.14. The van der Waals surface area contributed by atoms with Crippen molar-refractivity contribution < 1.29 is 13.9 Å². The maximum Gasteiger partial charge on any atom is 0.139 e. The highest BCUT2D eigenvalue weighted by Crippen LogP contribution is 2.16. The molecule has 1 atom stereocenters. The van der Waals surface area contributed by atoms with Crippen molar-refractivity contribution in [2.45, 2.75) is 25.9 Å². The molecule has 0 saturated carbocycles. The Morgan fingerprint density at radius 3 is 2.88 bits per heavy atom. The molecule has 0 N–H and O–H groups in total. The standard InChI is InChI=1S/C12H14ClFO2/c1-8(16-2)5-11(15)7-9-6-10(13)3-4-12(9)14/h3-4,6,8H,5,7H2,1-2H3. The van der Waals surface area contributed by atoms with Crippen molar-refractivity contribution in [2.75, 3.05) is 7.11 Å². The van der Waals surface area contributed by atoms with Crippen LogP contribution >= 0.6 is 11.6 Å². The van der Waals surface area contributed by atoms with E-state index in [0.29, 0.717) is 10.6 Å². The van der Waals surface area contributed by atoms with Gasteiger partial charge in [0.15, 0.2) is 0 Å². The van der Waals surface area contributed by atoms with Gasteiger partial charge in [0.25, 0.3) is 0 Å². The number of Topliss-reactive ketones (excluding diaryl/α,β-unsaturated/α-hetero) is 1. The number of carbonyl (C=O) groups excluding carboxylic acids is 1. The molecule has 1 rings (SSSR count). The maximum absolute atomic E-state index is 13.3. The Morgan fingerprint density at radius 2 is 2.25 bits per heavy atom. The molecule has 0 aromatic heterocycles. The third-order valence-electron chi connectivity index (χ3n) is 2.31. The van der Waals surface area contributed by atoms with E-state index in [1.54, 1.807) is 6.92 Å². The maximum atomic E-state index is 13.3. The molecule has 0 amide bonds. The Morgan fingerprint density at radius 1 is 1.56 bits per heavy atom. The van der Waals surface area contributed by atoms with Crippen LogP contribution in [0.3, 0.4) is 0 Å². The third-order valence-corrected chi connectivity index (χ3v) is 2.55. The van der Waals surface area contributed by atoms with Crippen molar-refractivity contribution in [3.63, 3.8) is 0 Å². The van der Waals surface area contributed by atoms with E-state index in [1.807, 2.05) is 0 Å². The summed E-state index contributed by atoms with van der Waals surface area (Å²) >= 11 is 5.73. The lowest BCUT2D eigenvalue weighted by molar-refractivity contribution is -0.120. The monoisotopic (exact) mass is 244 g/mol. The van der Waals surface area contributed by atoms with Gasteiger partial charge in [-0.2, -0.15) is 0 Å². The Balaban J connectivity index is 2.65. The Kier molecular flexibility index (Phi) is 4.90. The molecule has 0 heterocycles. The van der Waals surface area contributed by atoms with Crippen LogP contribution in [-0.4, -0.2) is 19.0 Å². The highest BCUT2D eigenvalue weighted by Gasteiger charge is 2.12. The van der Waals surface area contributed by atoms with Gasteiger partial charge in [-0.25, -0.2) is 4.39 Å². The molecule has 0 aliphatic rings. The number of ketones is 1. The summed E-state index contributed by atoms with van der Waals surface area (Å²) in [5, 5.41) is 0.434. The van der Waals surface area contributed by atoms with Gasteiger partial charge in [0.1, 0.15) is 11.6 Å². The average Bonchev–Trinajstić information content (AvgIpc) is 2.23. The van der Waals surface area contributed by atoms with Crippen molar-refractivity contribution in [3.8, 4) is 0 Å². The summed E-state index contributed by atoms with van der Waals surface area (Å²) in [4.78, 5) is 11.6. The second-order valence-electron chi connectivity index (χ2n) is 3.70. The summed E-state index contributed by atoms with van der Waals surface area (Å²) in [7, 11) is 1.54. The van der Waals surface area contributed by atoms with Crippen LogP contribution in [0.4, 0.5) is 4.39 Å². The van der Waals surface area contributed by atoms with Crippen LogP contribution in [0.5, 0.6) is 0 Å². The predicted molar refractivity (Wildman–Crippen MR) is 61.2 cm³/mol. The normalized spacial score (nSPS) is 12.5. The van der Waals surface area contributed by atoms with Crippen LogP contribution in [-0.2, 0) is 16.0 Å². The van der Waals surface area contributed by atoms with Crippen LogP contribution in [0, 0.1) is 5.82 Å². The van der Waals surface area contributed by atoms with Crippen LogP contribution in [0.1, 0.15) is 18.9 Å². The molecule has 0 radical (unpaired) electrons. The van der Waals surface area contributed by atoms with Gasteiger partial charge in [-0.05, 0) is 30.7 Å². The molecule has 0 bridgehead atoms. The number of hydrogen-bond donors (Lipinski definition) is 0. The molecule has 2 nitrogen and oxygen atoms in total. The molecule has 1 unspecified atom stereocenters. The fraction of sp³-hybridized carbons (Fsp3) is 0.417. The van der Waals surface area contributed by atoms with Crippen LogP contribution in [0.2, 0.25) is 5.02 Å². The minimum Gasteiger partial charge on any atom is -0.381 e. The van der Waals surface area contributed by atoms with Gasteiger partial charge in [0, 0.05) is 25.0 Å². The fourth-order valence-electron chi connectivity index (χ4n) is 1.37. The second kappa shape index (κ2) is 5.97. The first-order chi connectivity index (χ1) is 7.52. The Bertz CT molecular complexity index is 379. The molecule has 16 heavy (non-hydrogen) atoms. The van der Waals surface area contributed by atoms with E-state index in [2.05, 4.69) is 0 Å². The zero-order valence-electron chi connectivity index (χ0n) is 9.30. The van der Waals surface area contributed by atoms with E-state index in [9.17, 15) is 9.18 Å². The zero-order chi connectivity index (χ0) is 12.1. The molecular weight excluding hydrogens is 231 g/mol. The van der Waals surface area contributed by atoms with Gasteiger partial charge in [-0.15, -0.1) is 0 Å². The smallest absolute Gasteiger partial charge is 0.139 e. The largest absolute Gasteiger partial charge is 0.381 e. The molecule has 1 aromatic rings. The van der Waals surface area contributed by atoms with Gasteiger partial charge in [-0.3, -0.25) is 4.79 Å². The third kappa shape index (κ3) is 3.91. The predicted octanol–water partition coefficient (Wildman–Crippen LogP) is 3.02. The number of rotatable bonds is 5. The summed E-state index contributed by atoms with van der Waals surface area (Å²) < 4.78 is 18.3. The highest BCUT2D eigenvalue weighted by atomic mass is 35.5.